The number of benzene rings is 2. The number of carbonyl (C=O) groups is 1. The number of hydrogen-bond acceptors (Lipinski definition) is 11. The van der Waals surface area contributed by atoms with Gasteiger partial charge in [0, 0.05) is 37.7 Å². The lowest BCUT2D eigenvalue weighted by Crippen LogP contribution is -2.70. The molecule has 13 heteroatoms. The highest BCUT2D eigenvalue weighted by molar-refractivity contribution is 6.18. The van der Waals surface area contributed by atoms with Gasteiger partial charge >= 0.3 is 6.09 Å². The van der Waals surface area contributed by atoms with Crippen LogP contribution in [0.5, 0.6) is 11.5 Å². The first-order chi connectivity index (χ1) is 28.0. The number of allylic oxidation sites excluding steroid dienone is 1. The quantitative estimate of drug-likeness (QED) is 0.0425. The number of nitrogens with zero attached hydrogens (tertiary/aromatic N) is 2. The number of halogens is 1. The predicted octanol–water partition coefficient (Wildman–Crippen LogP) is 6.77. The van der Waals surface area contributed by atoms with Gasteiger partial charge in [-0.25, -0.2) is 4.79 Å². The van der Waals surface area contributed by atoms with Gasteiger partial charge in [-0.05, 0) is 66.9 Å². The lowest BCUT2D eigenvalue weighted by molar-refractivity contribution is -0.256. The summed E-state index contributed by atoms with van der Waals surface area (Å²) in [6.07, 6.45) is 9.76. The van der Waals surface area contributed by atoms with Crippen molar-refractivity contribution in [3.63, 3.8) is 0 Å². The SMILES string of the molecule is C=CCOc1ccc2c(c1)[C@H]1[C@H](CCCCO)[C@@H](CCCCO)C=C3C(=NOCc4ccccc4)C[C@H](N(CCOCCO)C(=O)OCCCl)[C@@](OCC=C)(O2)[C@H]31. The second-order valence-electron chi connectivity index (χ2n) is 14.5. The van der Waals surface area contributed by atoms with E-state index in [2.05, 4.69) is 19.2 Å². The zero-order valence-corrected chi connectivity index (χ0v) is 33.6. The van der Waals surface area contributed by atoms with E-state index >= 15 is 0 Å². The van der Waals surface area contributed by atoms with Crippen LogP contribution in [-0.4, -0.2) is 109 Å². The topological polar surface area (TPSA) is 149 Å². The van der Waals surface area contributed by atoms with Gasteiger partial charge < -0.3 is 43.8 Å². The third-order valence-electron chi connectivity index (χ3n) is 10.9. The van der Waals surface area contributed by atoms with Crippen LogP contribution in [0.2, 0.25) is 0 Å². The summed E-state index contributed by atoms with van der Waals surface area (Å²) in [5.41, 5.74) is 3.46. The van der Waals surface area contributed by atoms with Gasteiger partial charge in [0.25, 0.3) is 0 Å². The highest BCUT2D eigenvalue weighted by Crippen LogP contribution is 2.62. The van der Waals surface area contributed by atoms with Crippen LogP contribution in [0.4, 0.5) is 4.79 Å². The van der Waals surface area contributed by atoms with Crippen molar-refractivity contribution in [1.82, 2.24) is 4.90 Å². The number of hydrogen-bond donors (Lipinski definition) is 3. The van der Waals surface area contributed by atoms with Gasteiger partial charge in [0.15, 0.2) is 0 Å². The highest BCUT2D eigenvalue weighted by Gasteiger charge is 2.65. The molecule has 2 aromatic carbocycles. The summed E-state index contributed by atoms with van der Waals surface area (Å²) in [7, 11) is 0. The molecular weight excluding hydrogens is 752 g/mol. The Labute approximate surface area is 341 Å². The molecule has 1 saturated carbocycles. The third kappa shape index (κ3) is 11.0. The van der Waals surface area contributed by atoms with Crippen LogP contribution in [0, 0.1) is 17.8 Å². The number of ether oxygens (including phenoxy) is 5. The van der Waals surface area contributed by atoms with Gasteiger partial charge in [0.2, 0.25) is 5.79 Å². The highest BCUT2D eigenvalue weighted by atomic mass is 35.5. The molecule has 1 fully saturated rings. The number of amides is 1. The van der Waals surface area contributed by atoms with Crippen molar-refractivity contribution in [3.8, 4) is 11.5 Å². The molecule has 0 spiro atoms. The monoisotopic (exact) mass is 810 g/mol. The molecule has 3 aliphatic rings. The molecule has 5 rings (SSSR count). The third-order valence-corrected chi connectivity index (χ3v) is 11.0. The van der Waals surface area contributed by atoms with Crippen LogP contribution < -0.4 is 9.47 Å². The summed E-state index contributed by atoms with van der Waals surface area (Å²) in [4.78, 5) is 21.9. The molecule has 0 bridgehead atoms. The van der Waals surface area contributed by atoms with E-state index < -0.39 is 23.8 Å². The largest absolute Gasteiger partial charge is 0.490 e. The lowest BCUT2D eigenvalue weighted by Gasteiger charge is -2.59. The summed E-state index contributed by atoms with van der Waals surface area (Å²) >= 11 is 6.01. The molecule has 3 N–H and O–H groups in total. The van der Waals surface area contributed by atoms with Crippen molar-refractivity contribution in [2.24, 2.45) is 22.9 Å². The Morgan fingerprint density at radius 3 is 2.46 bits per heavy atom. The number of rotatable bonds is 25. The van der Waals surface area contributed by atoms with Crippen molar-refractivity contribution < 1.29 is 48.6 Å². The Hall–Kier alpha value is -3.91. The van der Waals surface area contributed by atoms with E-state index in [0.717, 1.165) is 42.4 Å². The fourth-order valence-electron chi connectivity index (χ4n) is 8.56. The van der Waals surface area contributed by atoms with Crippen LogP contribution in [-0.2, 0) is 25.7 Å². The molecule has 0 unspecified atom stereocenters. The fraction of sp³-hybridized carbons (Fsp3) is 0.545. The molecule has 6 atom stereocenters. The van der Waals surface area contributed by atoms with E-state index in [1.165, 1.54) is 0 Å². The minimum absolute atomic E-state index is 0.0143. The Kier molecular flexibility index (Phi) is 17.7. The number of oxime groups is 1. The van der Waals surface area contributed by atoms with Crippen LogP contribution in [0.3, 0.4) is 0 Å². The van der Waals surface area contributed by atoms with Crippen molar-refractivity contribution in [3.05, 3.63) is 96.6 Å². The van der Waals surface area contributed by atoms with Crippen LogP contribution in [0.15, 0.2) is 90.6 Å². The molecule has 0 aromatic heterocycles. The molecule has 312 valence electrons. The van der Waals surface area contributed by atoms with E-state index in [4.69, 9.17) is 45.3 Å². The Bertz CT molecular complexity index is 1640. The first kappa shape index (κ1) is 44.2. The van der Waals surface area contributed by atoms with Crippen molar-refractivity contribution >= 4 is 23.4 Å². The van der Waals surface area contributed by atoms with Crippen molar-refractivity contribution in [2.45, 2.75) is 69.3 Å². The fourth-order valence-corrected chi connectivity index (χ4v) is 8.64. The Balaban J connectivity index is 1.76. The lowest BCUT2D eigenvalue weighted by atomic mass is 9.55. The first-order valence-corrected chi connectivity index (χ1v) is 20.7. The maximum absolute atomic E-state index is 14.2. The minimum atomic E-state index is -1.47. The maximum Gasteiger partial charge on any atom is 0.410 e. The standard InChI is InChI=1S/C44H59ClN2O10/c1-3-23-53-34-16-17-39-37(29-34)41-35(15-9-11-21-49)33(14-8-10-20-48)28-36-38(46-56-31-32-12-6-5-7-13-32)30-40(44(57-39,42(36)41)55-24-4-2)47(19-26-52-27-22-50)43(51)54-25-18-45/h3-7,12-13,16-17,28-29,33,35,40-42,48-50H,1-2,8-11,14-15,18-27,30-31H2/t33-,35+,40-,41+,42+,44+/m0/s1. The normalized spacial score (nSPS) is 24.0. The number of aliphatic hydroxyl groups is 3. The average Bonchev–Trinajstić information content (AvgIpc) is 3.23. The average molecular weight is 811 g/mol. The van der Waals surface area contributed by atoms with Gasteiger partial charge in [-0.1, -0.05) is 73.1 Å². The van der Waals surface area contributed by atoms with Gasteiger partial charge in [0.05, 0.1) is 43.9 Å². The summed E-state index contributed by atoms with van der Waals surface area (Å²) in [5.74, 6) is -0.716. The molecule has 1 amide bonds. The zero-order valence-electron chi connectivity index (χ0n) is 32.9. The minimum Gasteiger partial charge on any atom is -0.490 e. The van der Waals surface area contributed by atoms with E-state index in [1.54, 1.807) is 17.1 Å². The molecule has 0 radical (unpaired) electrons. The smallest absolute Gasteiger partial charge is 0.410 e. The molecule has 1 aliphatic heterocycles. The number of carbonyl (C=O) groups excluding carboxylic acids is 1. The summed E-state index contributed by atoms with van der Waals surface area (Å²) in [5, 5.41) is 34.0. The molecule has 0 saturated heterocycles. The molecule has 2 aliphatic carbocycles. The Morgan fingerprint density at radius 2 is 1.74 bits per heavy atom. The molecule has 57 heavy (non-hydrogen) atoms. The van der Waals surface area contributed by atoms with Gasteiger partial charge in [0.1, 0.15) is 37.4 Å². The van der Waals surface area contributed by atoms with Crippen LogP contribution in [0.1, 0.15) is 62.0 Å². The summed E-state index contributed by atoms with van der Waals surface area (Å²) < 4.78 is 31.7. The van der Waals surface area contributed by atoms with Crippen molar-refractivity contribution in [1.29, 1.82) is 0 Å². The molecule has 1 heterocycles. The molecular formula is C44H59ClN2O10. The molecule has 12 nitrogen and oxygen atoms in total. The predicted molar refractivity (Wildman–Crippen MR) is 219 cm³/mol. The van der Waals surface area contributed by atoms with E-state index in [0.29, 0.717) is 36.7 Å². The summed E-state index contributed by atoms with van der Waals surface area (Å²) in [6.45, 7) is 8.77. The van der Waals surface area contributed by atoms with Crippen molar-refractivity contribution in [2.75, 3.05) is 65.3 Å². The number of unbranched alkanes of at least 4 members (excludes halogenated alkanes) is 2. The number of fused-ring (bicyclic) bond motifs is 2. The maximum atomic E-state index is 14.2. The second kappa shape index (κ2) is 22.9. The molecule has 2 aromatic rings. The van der Waals surface area contributed by atoms with Gasteiger partial charge in [-0.2, -0.15) is 0 Å². The Morgan fingerprint density at radius 1 is 0.965 bits per heavy atom. The van der Waals surface area contributed by atoms with E-state index in [9.17, 15) is 20.1 Å². The van der Waals surface area contributed by atoms with Crippen LogP contribution >= 0.6 is 11.6 Å². The first-order valence-electron chi connectivity index (χ1n) is 20.1. The van der Waals surface area contributed by atoms with E-state index in [-0.39, 0.29) is 89.5 Å². The number of alkyl halides is 1. The number of aliphatic hydroxyl groups excluding tert-OH is 3. The zero-order chi connectivity index (χ0) is 40.5. The second-order valence-corrected chi connectivity index (χ2v) is 14.8. The summed E-state index contributed by atoms with van der Waals surface area (Å²) in [6, 6.07) is 14.8. The van der Waals surface area contributed by atoms with E-state index in [1.807, 2.05) is 48.5 Å². The van der Waals surface area contributed by atoms with Gasteiger partial charge in [-0.3, -0.25) is 4.90 Å². The van der Waals surface area contributed by atoms with Crippen LogP contribution in [0.25, 0.3) is 0 Å². The van der Waals surface area contributed by atoms with Gasteiger partial charge in [-0.15, -0.1) is 18.2 Å².